The zero-order valence-electron chi connectivity index (χ0n) is 15.9. The molecule has 1 aromatic rings. The second-order valence-corrected chi connectivity index (χ2v) is 7.79. The molecule has 5 nitrogen and oxygen atoms in total. The van der Waals surface area contributed by atoms with Gasteiger partial charge in [-0.05, 0) is 43.6 Å². The standard InChI is InChI=1S/C21H32N2O3/c1-18(22-13-15-26-16-14-22)20(25)23-11-9-21(17-24,10-12-23)8-7-19-5-3-2-4-6-19/h2-6,18,24H,7-17H2,1H3/t18-/m1/s1. The molecule has 0 aromatic heterocycles. The molecule has 0 saturated carbocycles. The number of benzene rings is 1. The molecule has 5 heteroatoms. The van der Waals surface area contributed by atoms with Crippen molar-refractivity contribution in [3.8, 4) is 0 Å². The van der Waals surface area contributed by atoms with Crippen molar-refractivity contribution in [2.24, 2.45) is 5.41 Å². The summed E-state index contributed by atoms with van der Waals surface area (Å²) in [7, 11) is 0. The summed E-state index contributed by atoms with van der Waals surface area (Å²) in [6, 6.07) is 10.4. The van der Waals surface area contributed by atoms with Crippen LogP contribution in [0.5, 0.6) is 0 Å². The fourth-order valence-electron chi connectivity index (χ4n) is 4.13. The highest BCUT2D eigenvalue weighted by atomic mass is 16.5. The third-order valence-corrected chi connectivity index (χ3v) is 6.21. The highest BCUT2D eigenvalue weighted by molar-refractivity contribution is 5.81. The van der Waals surface area contributed by atoms with Crippen molar-refractivity contribution < 1.29 is 14.6 Å². The summed E-state index contributed by atoms with van der Waals surface area (Å²) in [5.41, 5.74) is 1.27. The van der Waals surface area contributed by atoms with E-state index in [0.717, 1.165) is 51.9 Å². The van der Waals surface area contributed by atoms with Crippen LogP contribution in [0.25, 0.3) is 0 Å². The largest absolute Gasteiger partial charge is 0.396 e. The number of ether oxygens (including phenoxy) is 1. The van der Waals surface area contributed by atoms with Gasteiger partial charge in [0.1, 0.15) is 0 Å². The molecular formula is C21H32N2O3. The van der Waals surface area contributed by atoms with Gasteiger partial charge >= 0.3 is 0 Å². The lowest BCUT2D eigenvalue weighted by atomic mass is 9.74. The van der Waals surface area contributed by atoms with Crippen molar-refractivity contribution in [2.75, 3.05) is 46.0 Å². The summed E-state index contributed by atoms with van der Waals surface area (Å²) in [5, 5.41) is 10.0. The number of nitrogens with zero attached hydrogens (tertiary/aromatic N) is 2. The molecule has 2 aliphatic heterocycles. The molecule has 0 aliphatic carbocycles. The van der Waals surface area contributed by atoms with Crippen LogP contribution < -0.4 is 0 Å². The van der Waals surface area contributed by atoms with Gasteiger partial charge in [-0.3, -0.25) is 9.69 Å². The van der Waals surface area contributed by atoms with Crippen molar-refractivity contribution in [1.82, 2.24) is 9.80 Å². The Hall–Kier alpha value is -1.43. The van der Waals surface area contributed by atoms with Crippen LogP contribution >= 0.6 is 0 Å². The van der Waals surface area contributed by atoms with Crippen molar-refractivity contribution in [2.45, 2.75) is 38.6 Å². The zero-order valence-corrected chi connectivity index (χ0v) is 15.9. The van der Waals surface area contributed by atoms with Crippen LogP contribution in [0.15, 0.2) is 30.3 Å². The van der Waals surface area contributed by atoms with Crippen molar-refractivity contribution in [3.05, 3.63) is 35.9 Å². The average Bonchev–Trinajstić information content (AvgIpc) is 2.73. The highest BCUT2D eigenvalue weighted by Gasteiger charge is 2.37. The highest BCUT2D eigenvalue weighted by Crippen LogP contribution is 2.36. The van der Waals surface area contributed by atoms with Gasteiger partial charge in [-0.25, -0.2) is 0 Å². The van der Waals surface area contributed by atoms with E-state index in [1.165, 1.54) is 5.56 Å². The first kappa shape index (κ1) is 19.3. The normalized spacial score (nSPS) is 22.2. The van der Waals surface area contributed by atoms with E-state index in [1.807, 2.05) is 17.9 Å². The van der Waals surface area contributed by atoms with Gasteiger partial charge in [0.2, 0.25) is 5.91 Å². The van der Waals surface area contributed by atoms with Gasteiger partial charge in [0.15, 0.2) is 0 Å². The molecule has 1 aromatic carbocycles. The third-order valence-electron chi connectivity index (χ3n) is 6.21. The molecule has 0 bridgehead atoms. The molecular weight excluding hydrogens is 328 g/mol. The molecule has 2 heterocycles. The van der Waals surface area contributed by atoms with Crippen LogP contribution in [-0.4, -0.2) is 72.9 Å². The summed E-state index contributed by atoms with van der Waals surface area (Å²) >= 11 is 0. The van der Waals surface area contributed by atoms with Crippen molar-refractivity contribution in [1.29, 1.82) is 0 Å². The first-order valence-electron chi connectivity index (χ1n) is 9.89. The van der Waals surface area contributed by atoms with Gasteiger partial charge in [0.05, 0.1) is 19.3 Å². The number of amides is 1. The van der Waals surface area contributed by atoms with E-state index in [4.69, 9.17) is 4.74 Å². The number of carbonyl (C=O) groups is 1. The van der Waals surface area contributed by atoms with E-state index in [2.05, 4.69) is 29.2 Å². The number of aliphatic hydroxyl groups excluding tert-OH is 1. The van der Waals surface area contributed by atoms with E-state index < -0.39 is 0 Å². The van der Waals surface area contributed by atoms with E-state index >= 15 is 0 Å². The second kappa shape index (κ2) is 8.98. The summed E-state index contributed by atoms with van der Waals surface area (Å²) in [6.45, 7) is 6.82. The second-order valence-electron chi connectivity index (χ2n) is 7.79. The first-order valence-corrected chi connectivity index (χ1v) is 9.89. The monoisotopic (exact) mass is 360 g/mol. The average molecular weight is 360 g/mol. The van der Waals surface area contributed by atoms with Gasteiger partial charge < -0.3 is 14.7 Å². The molecule has 2 fully saturated rings. The molecule has 0 radical (unpaired) electrons. The Morgan fingerprint density at radius 1 is 1.15 bits per heavy atom. The Morgan fingerprint density at radius 2 is 1.81 bits per heavy atom. The number of aryl methyl sites for hydroxylation is 1. The number of rotatable bonds is 6. The lowest BCUT2D eigenvalue weighted by Crippen LogP contribution is -2.53. The minimum atomic E-state index is -0.0788. The molecule has 0 spiro atoms. The number of hydrogen-bond donors (Lipinski definition) is 1. The maximum absolute atomic E-state index is 12.9. The number of likely N-dealkylation sites (tertiary alicyclic amines) is 1. The topological polar surface area (TPSA) is 53.0 Å². The molecule has 2 aliphatic rings. The minimum absolute atomic E-state index is 0.0468. The Labute approximate surface area is 156 Å². The molecule has 0 unspecified atom stereocenters. The van der Waals surface area contributed by atoms with Crippen LogP contribution in [0, 0.1) is 5.41 Å². The van der Waals surface area contributed by atoms with Gasteiger partial charge in [-0.15, -0.1) is 0 Å². The molecule has 26 heavy (non-hydrogen) atoms. The van der Waals surface area contributed by atoms with E-state index in [0.29, 0.717) is 13.2 Å². The number of carbonyl (C=O) groups excluding carboxylic acids is 1. The van der Waals surface area contributed by atoms with Crippen molar-refractivity contribution in [3.63, 3.8) is 0 Å². The van der Waals surface area contributed by atoms with Gasteiger partial charge in [0, 0.05) is 32.8 Å². The van der Waals surface area contributed by atoms with Gasteiger partial charge in [0.25, 0.3) is 0 Å². The predicted molar refractivity (Wildman–Crippen MR) is 102 cm³/mol. The Bertz CT molecular complexity index is 564. The predicted octanol–water partition coefficient (Wildman–Crippen LogP) is 1.94. The minimum Gasteiger partial charge on any atom is -0.396 e. The van der Waals surface area contributed by atoms with Crippen LogP contribution in [0.4, 0.5) is 0 Å². The molecule has 1 amide bonds. The van der Waals surface area contributed by atoms with E-state index in [9.17, 15) is 9.90 Å². The van der Waals surface area contributed by atoms with Crippen LogP contribution in [0.2, 0.25) is 0 Å². The van der Waals surface area contributed by atoms with Gasteiger partial charge in [-0.1, -0.05) is 30.3 Å². The summed E-state index contributed by atoms with van der Waals surface area (Å²) in [6.07, 6.45) is 3.74. The van der Waals surface area contributed by atoms with Gasteiger partial charge in [-0.2, -0.15) is 0 Å². The lowest BCUT2D eigenvalue weighted by molar-refractivity contribution is -0.141. The molecule has 3 rings (SSSR count). The van der Waals surface area contributed by atoms with Crippen molar-refractivity contribution >= 4 is 5.91 Å². The number of aliphatic hydroxyl groups is 1. The first-order chi connectivity index (χ1) is 12.6. The number of hydrogen-bond acceptors (Lipinski definition) is 4. The maximum atomic E-state index is 12.9. The molecule has 144 valence electrons. The molecule has 1 N–H and O–H groups in total. The molecule has 2 saturated heterocycles. The number of piperidine rings is 1. The van der Waals surface area contributed by atoms with Crippen LogP contribution in [-0.2, 0) is 16.0 Å². The zero-order chi connectivity index (χ0) is 18.4. The van der Waals surface area contributed by atoms with Crippen LogP contribution in [0.1, 0.15) is 31.7 Å². The molecule has 1 atom stereocenters. The maximum Gasteiger partial charge on any atom is 0.239 e. The fourth-order valence-corrected chi connectivity index (χ4v) is 4.13. The fraction of sp³-hybridized carbons (Fsp3) is 0.667. The Balaban J connectivity index is 1.52. The Kier molecular flexibility index (Phi) is 6.68. The third kappa shape index (κ3) is 4.64. The quantitative estimate of drug-likeness (QED) is 0.842. The SMILES string of the molecule is C[C@H](C(=O)N1CCC(CO)(CCc2ccccc2)CC1)N1CCOCC1. The van der Waals surface area contributed by atoms with E-state index in [1.54, 1.807) is 0 Å². The van der Waals surface area contributed by atoms with Crippen LogP contribution in [0.3, 0.4) is 0 Å². The summed E-state index contributed by atoms with van der Waals surface area (Å²) in [4.78, 5) is 17.1. The summed E-state index contributed by atoms with van der Waals surface area (Å²) < 4.78 is 5.39. The number of morpholine rings is 1. The smallest absolute Gasteiger partial charge is 0.239 e. The summed E-state index contributed by atoms with van der Waals surface area (Å²) in [5.74, 6) is 0.224. The van der Waals surface area contributed by atoms with E-state index in [-0.39, 0.29) is 24.0 Å². The lowest BCUT2D eigenvalue weighted by Gasteiger charge is -2.43. The Morgan fingerprint density at radius 3 is 2.42 bits per heavy atom.